The average molecular weight is 404 g/mol. The molecule has 1 atom stereocenters. The maximum absolute atomic E-state index is 12.5. The molecule has 0 fully saturated rings. The summed E-state index contributed by atoms with van der Waals surface area (Å²) in [4.78, 5) is 35.2. The van der Waals surface area contributed by atoms with Gasteiger partial charge in [0.05, 0.1) is 30.3 Å². The molecular formula is C20H22ClN3O4. The van der Waals surface area contributed by atoms with E-state index in [0.717, 1.165) is 5.56 Å². The molecule has 2 aromatic carbocycles. The van der Waals surface area contributed by atoms with E-state index in [9.17, 15) is 14.4 Å². The highest BCUT2D eigenvalue weighted by atomic mass is 35.5. The number of halogens is 1. The zero-order valence-corrected chi connectivity index (χ0v) is 16.6. The van der Waals surface area contributed by atoms with Gasteiger partial charge < -0.3 is 20.7 Å². The van der Waals surface area contributed by atoms with Crippen molar-refractivity contribution in [1.82, 2.24) is 5.32 Å². The molecule has 3 amide bonds. The van der Waals surface area contributed by atoms with Crippen molar-refractivity contribution in [1.29, 1.82) is 0 Å². The summed E-state index contributed by atoms with van der Waals surface area (Å²) in [6.45, 7) is 2.79. The topological polar surface area (TPSA) is 96.5 Å². The summed E-state index contributed by atoms with van der Waals surface area (Å²) < 4.78 is 5.13. The van der Waals surface area contributed by atoms with Crippen LogP contribution in [0.1, 0.15) is 31.9 Å². The minimum atomic E-state index is -0.499. The quantitative estimate of drug-likeness (QED) is 0.659. The number of nitrogens with one attached hydrogen (secondary N) is 3. The number of amides is 3. The molecule has 0 bridgehead atoms. The van der Waals surface area contributed by atoms with Gasteiger partial charge in [-0.05, 0) is 35.9 Å². The Kier molecular flexibility index (Phi) is 7.40. The predicted octanol–water partition coefficient (Wildman–Crippen LogP) is 3.51. The number of rotatable bonds is 7. The highest BCUT2D eigenvalue weighted by molar-refractivity contribution is 6.34. The van der Waals surface area contributed by atoms with E-state index in [4.69, 9.17) is 16.3 Å². The van der Waals surface area contributed by atoms with Crippen LogP contribution in [0, 0.1) is 0 Å². The highest BCUT2D eigenvalue weighted by Gasteiger charge is 2.18. The molecule has 0 aliphatic heterocycles. The third-order valence-electron chi connectivity index (χ3n) is 3.85. The molecule has 0 aliphatic rings. The first-order valence-corrected chi connectivity index (χ1v) is 8.94. The Morgan fingerprint density at radius 2 is 1.68 bits per heavy atom. The van der Waals surface area contributed by atoms with Gasteiger partial charge in [-0.2, -0.15) is 0 Å². The summed E-state index contributed by atoms with van der Waals surface area (Å²) in [7, 11) is 1.56. The normalized spacial score (nSPS) is 11.3. The van der Waals surface area contributed by atoms with Gasteiger partial charge in [-0.1, -0.05) is 23.7 Å². The van der Waals surface area contributed by atoms with Crippen LogP contribution < -0.4 is 20.7 Å². The largest absolute Gasteiger partial charge is 0.497 e. The summed E-state index contributed by atoms with van der Waals surface area (Å²) in [5.41, 5.74) is 1.72. The fourth-order valence-electron chi connectivity index (χ4n) is 2.62. The first-order chi connectivity index (χ1) is 13.3. The molecule has 7 nitrogen and oxygen atoms in total. The molecule has 0 heterocycles. The molecule has 0 aromatic heterocycles. The summed E-state index contributed by atoms with van der Waals surface area (Å²) in [6.07, 6.45) is 0.0235. The summed E-state index contributed by atoms with van der Waals surface area (Å²) in [5.74, 6) is -0.0960. The van der Waals surface area contributed by atoms with Crippen LogP contribution in [0.5, 0.6) is 5.75 Å². The Labute approximate surface area is 168 Å². The number of carbonyl (C=O) groups excluding carboxylic acids is 3. The fraction of sp³-hybridized carbons (Fsp3) is 0.250. The van der Waals surface area contributed by atoms with Crippen molar-refractivity contribution in [3.63, 3.8) is 0 Å². The molecule has 0 spiro atoms. The van der Waals surface area contributed by atoms with E-state index < -0.39 is 6.04 Å². The van der Waals surface area contributed by atoms with Crippen molar-refractivity contribution in [2.75, 3.05) is 17.7 Å². The zero-order valence-electron chi connectivity index (χ0n) is 15.8. The van der Waals surface area contributed by atoms with Gasteiger partial charge in [-0.15, -0.1) is 0 Å². The van der Waals surface area contributed by atoms with Gasteiger partial charge in [-0.25, -0.2) is 0 Å². The lowest BCUT2D eigenvalue weighted by Crippen LogP contribution is -2.29. The Bertz CT molecular complexity index is 868. The van der Waals surface area contributed by atoms with E-state index in [2.05, 4.69) is 16.0 Å². The predicted molar refractivity (Wildman–Crippen MR) is 109 cm³/mol. The van der Waals surface area contributed by atoms with Crippen molar-refractivity contribution in [3.05, 3.63) is 53.1 Å². The van der Waals surface area contributed by atoms with E-state index in [1.54, 1.807) is 49.6 Å². The van der Waals surface area contributed by atoms with Crippen LogP contribution in [0.3, 0.4) is 0 Å². The lowest BCUT2D eigenvalue weighted by atomic mass is 10.0. The molecule has 3 N–H and O–H groups in total. The van der Waals surface area contributed by atoms with Gasteiger partial charge in [0.15, 0.2) is 0 Å². The monoisotopic (exact) mass is 403 g/mol. The van der Waals surface area contributed by atoms with E-state index in [1.165, 1.54) is 13.8 Å². The average Bonchev–Trinajstić information content (AvgIpc) is 2.62. The van der Waals surface area contributed by atoms with E-state index in [0.29, 0.717) is 22.1 Å². The van der Waals surface area contributed by atoms with Crippen LogP contribution >= 0.6 is 11.6 Å². The molecule has 2 aromatic rings. The number of hydrogen-bond donors (Lipinski definition) is 3. The minimum absolute atomic E-state index is 0.0235. The number of benzene rings is 2. The van der Waals surface area contributed by atoms with Crippen molar-refractivity contribution >= 4 is 40.7 Å². The molecule has 8 heteroatoms. The van der Waals surface area contributed by atoms with Crippen LogP contribution in [-0.2, 0) is 14.4 Å². The third kappa shape index (κ3) is 6.28. The van der Waals surface area contributed by atoms with Crippen LogP contribution in [0.2, 0.25) is 5.02 Å². The number of carbonyl (C=O) groups is 3. The van der Waals surface area contributed by atoms with E-state index >= 15 is 0 Å². The van der Waals surface area contributed by atoms with Gasteiger partial charge >= 0.3 is 0 Å². The summed E-state index contributed by atoms with van der Waals surface area (Å²) >= 11 is 6.18. The van der Waals surface area contributed by atoms with Crippen LogP contribution in [-0.4, -0.2) is 24.8 Å². The highest BCUT2D eigenvalue weighted by Crippen LogP contribution is 2.27. The molecular weight excluding hydrogens is 382 g/mol. The van der Waals surface area contributed by atoms with Crippen LogP contribution in [0.25, 0.3) is 0 Å². The first-order valence-electron chi connectivity index (χ1n) is 8.56. The molecule has 0 saturated carbocycles. The molecule has 28 heavy (non-hydrogen) atoms. The number of hydrogen-bond acceptors (Lipinski definition) is 4. The van der Waals surface area contributed by atoms with Gasteiger partial charge in [-0.3, -0.25) is 14.4 Å². The first kappa shape index (κ1) is 21.2. The Hall–Kier alpha value is -3.06. The van der Waals surface area contributed by atoms with E-state index in [-0.39, 0.29) is 24.1 Å². The number of ether oxygens (including phenoxy) is 1. The van der Waals surface area contributed by atoms with Gasteiger partial charge in [0.1, 0.15) is 5.75 Å². The van der Waals surface area contributed by atoms with Gasteiger partial charge in [0.25, 0.3) is 0 Å². The second kappa shape index (κ2) is 9.75. The van der Waals surface area contributed by atoms with E-state index in [1.807, 2.05) is 0 Å². The smallest absolute Gasteiger partial charge is 0.226 e. The molecule has 0 aliphatic carbocycles. The van der Waals surface area contributed by atoms with Crippen LogP contribution in [0.15, 0.2) is 42.5 Å². The lowest BCUT2D eigenvalue weighted by Gasteiger charge is -2.19. The lowest BCUT2D eigenvalue weighted by molar-refractivity contribution is -0.120. The zero-order chi connectivity index (χ0) is 20.7. The van der Waals surface area contributed by atoms with Gasteiger partial charge in [0.2, 0.25) is 17.7 Å². The second-order valence-corrected chi connectivity index (χ2v) is 6.56. The standard InChI is InChI=1S/C20H22ClN3O4/c1-12(25)22-15-6-9-18(17(21)10-15)24-20(27)11-19(23-13(2)26)14-4-7-16(28-3)8-5-14/h4-10,19H,11H2,1-3H3,(H,22,25)(H,23,26)(H,24,27). The molecule has 0 radical (unpaired) electrons. The molecule has 1 unspecified atom stereocenters. The minimum Gasteiger partial charge on any atom is -0.497 e. The van der Waals surface area contributed by atoms with Crippen molar-refractivity contribution < 1.29 is 19.1 Å². The molecule has 0 saturated heterocycles. The molecule has 148 valence electrons. The molecule has 2 rings (SSSR count). The number of methoxy groups -OCH3 is 1. The van der Waals surface area contributed by atoms with Crippen LogP contribution in [0.4, 0.5) is 11.4 Å². The van der Waals surface area contributed by atoms with Gasteiger partial charge in [0, 0.05) is 19.5 Å². The summed E-state index contributed by atoms with van der Waals surface area (Å²) in [6, 6.07) is 11.4. The Morgan fingerprint density at radius 3 is 2.21 bits per heavy atom. The maximum Gasteiger partial charge on any atom is 0.226 e. The SMILES string of the molecule is COc1ccc(C(CC(=O)Nc2ccc(NC(C)=O)cc2Cl)NC(C)=O)cc1. The second-order valence-electron chi connectivity index (χ2n) is 6.15. The number of anilines is 2. The van der Waals surface area contributed by atoms with Crippen molar-refractivity contribution in [2.45, 2.75) is 26.3 Å². The Morgan fingerprint density at radius 1 is 1.00 bits per heavy atom. The van der Waals surface area contributed by atoms with Crippen molar-refractivity contribution in [3.8, 4) is 5.75 Å². The summed E-state index contributed by atoms with van der Waals surface area (Å²) in [5, 5.41) is 8.41. The van der Waals surface area contributed by atoms with Crippen molar-refractivity contribution in [2.24, 2.45) is 0 Å². The third-order valence-corrected chi connectivity index (χ3v) is 4.16. The Balaban J connectivity index is 2.10. The maximum atomic E-state index is 12.5. The fourth-order valence-corrected chi connectivity index (χ4v) is 2.85.